The van der Waals surface area contributed by atoms with Gasteiger partial charge in [-0.3, -0.25) is 4.79 Å². The molecular formula is C14H28NOS+. The van der Waals surface area contributed by atoms with Crippen LogP contribution in [0, 0.1) is 0 Å². The summed E-state index contributed by atoms with van der Waals surface area (Å²) < 4.78 is 1.17. The number of thioether (sulfide) groups is 1. The van der Waals surface area contributed by atoms with Gasteiger partial charge in [-0.15, -0.1) is 0 Å². The third-order valence-electron chi connectivity index (χ3n) is 3.18. The molecule has 17 heavy (non-hydrogen) atoms. The number of nitrogens with zero attached hydrogens (tertiary/aromatic N) is 1. The van der Waals surface area contributed by atoms with E-state index in [-0.39, 0.29) is 5.12 Å². The first kappa shape index (κ1) is 16.7. The lowest BCUT2D eigenvalue weighted by atomic mass is 10.2. The minimum absolute atomic E-state index is 0.190. The summed E-state index contributed by atoms with van der Waals surface area (Å²) >= 11 is 1.45. The summed E-state index contributed by atoms with van der Waals surface area (Å²) in [6, 6.07) is 0. The minimum atomic E-state index is 0.190. The van der Waals surface area contributed by atoms with E-state index < -0.39 is 0 Å². The average molecular weight is 258 g/mol. The van der Waals surface area contributed by atoms with E-state index in [2.05, 4.69) is 20.8 Å². The molecule has 0 saturated heterocycles. The van der Waals surface area contributed by atoms with Crippen LogP contribution in [0.15, 0.2) is 12.2 Å². The maximum Gasteiger partial charge on any atom is 0.212 e. The molecule has 0 aliphatic carbocycles. The highest BCUT2D eigenvalue weighted by atomic mass is 32.2. The van der Waals surface area contributed by atoms with Gasteiger partial charge in [0.25, 0.3) is 0 Å². The Labute approximate surface area is 111 Å². The summed E-state index contributed by atoms with van der Waals surface area (Å²) in [5.41, 5.74) is 0. The number of carbonyl (C=O) groups is 1. The first-order valence-electron chi connectivity index (χ1n) is 6.78. The largest absolute Gasteiger partial charge is 0.323 e. The van der Waals surface area contributed by atoms with Gasteiger partial charge >= 0.3 is 0 Å². The minimum Gasteiger partial charge on any atom is -0.323 e. The predicted molar refractivity (Wildman–Crippen MR) is 78.3 cm³/mol. The van der Waals surface area contributed by atoms with Gasteiger partial charge in [-0.05, 0) is 32.8 Å². The Morgan fingerprint density at radius 2 is 1.71 bits per heavy atom. The molecule has 3 heteroatoms. The fraction of sp³-hybridized carbons (Fsp3) is 0.786. The molecule has 0 rings (SSSR count). The zero-order chi connectivity index (χ0) is 13.1. The molecule has 0 radical (unpaired) electrons. The van der Waals surface area contributed by atoms with Gasteiger partial charge in [0.2, 0.25) is 5.12 Å². The Balaban J connectivity index is 4.19. The summed E-state index contributed by atoms with van der Waals surface area (Å²) in [6.45, 7) is 13.4. The molecule has 0 saturated carbocycles. The van der Waals surface area contributed by atoms with E-state index in [0.29, 0.717) is 0 Å². The number of hydrogen-bond acceptors (Lipinski definition) is 2. The van der Waals surface area contributed by atoms with Gasteiger partial charge in [0.05, 0.1) is 31.9 Å². The first-order chi connectivity index (χ1) is 8.14. The monoisotopic (exact) mass is 258 g/mol. The van der Waals surface area contributed by atoms with E-state index in [4.69, 9.17) is 0 Å². The number of allylic oxidation sites excluding steroid dienone is 1. The van der Waals surface area contributed by atoms with Crippen LogP contribution in [0.2, 0.25) is 0 Å². The van der Waals surface area contributed by atoms with Crippen LogP contribution < -0.4 is 0 Å². The Hall–Kier alpha value is -0.280. The fourth-order valence-corrected chi connectivity index (χ4v) is 3.19. The van der Waals surface area contributed by atoms with Gasteiger partial charge in [0, 0.05) is 0 Å². The van der Waals surface area contributed by atoms with Crippen LogP contribution in [0.25, 0.3) is 0 Å². The molecule has 0 unspecified atom stereocenters. The van der Waals surface area contributed by atoms with Crippen molar-refractivity contribution >= 4 is 16.9 Å². The number of carbonyl (C=O) groups excluding carboxylic acids is 1. The number of quaternary nitrogens is 1. The molecular weight excluding hydrogens is 230 g/mol. The molecule has 0 aromatic rings. The van der Waals surface area contributed by atoms with Crippen LogP contribution in [-0.4, -0.2) is 41.5 Å². The molecule has 0 amide bonds. The van der Waals surface area contributed by atoms with E-state index in [9.17, 15) is 4.79 Å². The SMILES string of the molecule is C/C=C/C(=O)SCC[N+](CC)(CCC)CCC. The quantitative estimate of drug-likeness (QED) is 0.465. The van der Waals surface area contributed by atoms with Crippen molar-refractivity contribution in [1.82, 2.24) is 0 Å². The molecule has 0 atom stereocenters. The van der Waals surface area contributed by atoms with Crippen LogP contribution in [0.1, 0.15) is 40.5 Å². The summed E-state index contributed by atoms with van der Waals surface area (Å²) in [6.07, 6.45) is 5.92. The second-order valence-corrected chi connectivity index (χ2v) is 5.60. The van der Waals surface area contributed by atoms with Gasteiger partial charge in [0.15, 0.2) is 0 Å². The van der Waals surface area contributed by atoms with Crippen LogP contribution in [0.4, 0.5) is 0 Å². The Kier molecular flexibility index (Phi) is 9.56. The highest BCUT2D eigenvalue weighted by Crippen LogP contribution is 2.13. The highest BCUT2D eigenvalue weighted by Gasteiger charge is 2.22. The lowest BCUT2D eigenvalue weighted by molar-refractivity contribution is -0.924. The molecule has 0 aromatic carbocycles. The second kappa shape index (κ2) is 9.72. The van der Waals surface area contributed by atoms with E-state index in [1.165, 1.54) is 48.7 Å². The van der Waals surface area contributed by atoms with Crippen molar-refractivity contribution in [3.05, 3.63) is 12.2 Å². The smallest absolute Gasteiger partial charge is 0.212 e. The highest BCUT2D eigenvalue weighted by molar-refractivity contribution is 8.14. The zero-order valence-electron chi connectivity index (χ0n) is 11.9. The average Bonchev–Trinajstić information content (AvgIpc) is 2.30. The maximum atomic E-state index is 11.4. The summed E-state index contributed by atoms with van der Waals surface area (Å²) in [5.74, 6) is 0.941. The third kappa shape index (κ3) is 6.89. The van der Waals surface area contributed by atoms with Crippen molar-refractivity contribution in [2.45, 2.75) is 40.5 Å². The molecule has 2 nitrogen and oxygen atoms in total. The Morgan fingerprint density at radius 1 is 1.12 bits per heavy atom. The van der Waals surface area contributed by atoms with Gasteiger partial charge in [-0.25, -0.2) is 0 Å². The third-order valence-corrected chi connectivity index (χ3v) is 3.99. The Morgan fingerprint density at radius 3 is 2.12 bits per heavy atom. The first-order valence-corrected chi connectivity index (χ1v) is 7.77. The van der Waals surface area contributed by atoms with E-state index in [1.54, 1.807) is 6.08 Å². The lowest BCUT2D eigenvalue weighted by Crippen LogP contribution is -2.50. The molecule has 0 N–H and O–H groups in total. The van der Waals surface area contributed by atoms with Gasteiger partial charge in [-0.2, -0.15) is 0 Å². The summed E-state index contributed by atoms with van der Waals surface area (Å²) in [5, 5.41) is 0.190. The van der Waals surface area contributed by atoms with Crippen molar-refractivity contribution in [1.29, 1.82) is 0 Å². The van der Waals surface area contributed by atoms with Crippen molar-refractivity contribution in [2.75, 3.05) is 31.9 Å². The van der Waals surface area contributed by atoms with E-state index in [1.807, 2.05) is 13.0 Å². The predicted octanol–water partition coefficient (Wildman–Crippen LogP) is 3.48. The zero-order valence-corrected chi connectivity index (χ0v) is 12.7. The van der Waals surface area contributed by atoms with Crippen LogP contribution in [0.5, 0.6) is 0 Å². The Bertz CT molecular complexity index is 232. The topological polar surface area (TPSA) is 17.1 Å². The molecule has 0 fully saturated rings. The molecule has 0 aromatic heterocycles. The summed E-state index contributed by atoms with van der Waals surface area (Å²) in [4.78, 5) is 11.4. The lowest BCUT2D eigenvalue weighted by Gasteiger charge is -2.37. The molecule has 100 valence electrons. The van der Waals surface area contributed by atoms with Crippen molar-refractivity contribution in [3.63, 3.8) is 0 Å². The molecule has 0 aliphatic heterocycles. The maximum absolute atomic E-state index is 11.4. The molecule has 0 bridgehead atoms. The van der Waals surface area contributed by atoms with Crippen LogP contribution in [0.3, 0.4) is 0 Å². The number of rotatable bonds is 9. The van der Waals surface area contributed by atoms with Gasteiger partial charge < -0.3 is 4.48 Å². The van der Waals surface area contributed by atoms with E-state index in [0.717, 1.165) is 12.3 Å². The molecule has 0 heterocycles. The van der Waals surface area contributed by atoms with Crippen LogP contribution in [-0.2, 0) is 4.79 Å². The van der Waals surface area contributed by atoms with Crippen LogP contribution >= 0.6 is 11.8 Å². The van der Waals surface area contributed by atoms with Crippen molar-refractivity contribution in [2.24, 2.45) is 0 Å². The molecule has 0 spiro atoms. The molecule has 0 aliphatic rings. The standard InChI is InChI=1S/C14H28NOS/c1-5-9-14(16)17-13-12-15(8-4,10-6-2)11-7-3/h5,9H,6-8,10-13H2,1-4H3/q+1/b9-5+. The second-order valence-electron chi connectivity index (χ2n) is 4.50. The van der Waals surface area contributed by atoms with E-state index >= 15 is 0 Å². The van der Waals surface area contributed by atoms with Gasteiger partial charge in [0.1, 0.15) is 0 Å². The van der Waals surface area contributed by atoms with Crippen molar-refractivity contribution in [3.8, 4) is 0 Å². The van der Waals surface area contributed by atoms with Gasteiger partial charge in [-0.1, -0.05) is 31.7 Å². The summed E-state index contributed by atoms with van der Waals surface area (Å²) in [7, 11) is 0. The normalized spacial score (nSPS) is 12.2. The fourth-order valence-electron chi connectivity index (χ4n) is 2.28. The van der Waals surface area contributed by atoms with Crippen molar-refractivity contribution < 1.29 is 9.28 Å². The number of hydrogen-bond donors (Lipinski definition) is 0.